The van der Waals surface area contributed by atoms with E-state index in [1.165, 1.54) is 5.69 Å². The number of hydrogen-bond donors (Lipinski definition) is 5. The molecule has 0 aliphatic rings. The van der Waals surface area contributed by atoms with Crippen molar-refractivity contribution >= 4 is 29.3 Å². The fourth-order valence-corrected chi connectivity index (χ4v) is 5.54. The highest BCUT2D eigenvalue weighted by molar-refractivity contribution is 5.99. The molecule has 3 aromatic rings. The lowest BCUT2D eigenvalue weighted by molar-refractivity contribution is -0.130. The standard InChI is InChI=1S/C39H54N6O4/c1-7-40-39(49)35(27(4)5)44-36(46)28(6)42-26-33(24-30-14-11-10-12-15-30)43-38(48)32-17-13-16-31(25-32)37(47)41-23-22-29-18-20-34(21-19-29)45(8-2)9-3/h10-21,25,27-28,33,35,42H,7-9,22-24,26H2,1-6H3,(H,40,49)(H,41,47)(H,43,48)(H,44,46)/t28-,33-,35-/m0/s1. The molecule has 3 atom stereocenters. The average Bonchev–Trinajstić information content (AvgIpc) is 3.10. The van der Waals surface area contributed by atoms with Crippen molar-refractivity contribution in [3.05, 3.63) is 101 Å². The minimum absolute atomic E-state index is 0.0827. The Balaban J connectivity index is 1.61. The molecule has 3 aromatic carbocycles. The Morgan fingerprint density at radius 2 is 1.35 bits per heavy atom. The molecule has 10 nitrogen and oxygen atoms in total. The van der Waals surface area contributed by atoms with Crippen LogP contribution in [0.2, 0.25) is 0 Å². The predicted molar refractivity (Wildman–Crippen MR) is 197 cm³/mol. The van der Waals surface area contributed by atoms with Gasteiger partial charge in [-0.25, -0.2) is 0 Å². The number of carbonyl (C=O) groups is 4. The van der Waals surface area contributed by atoms with Gasteiger partial charge in [0.1, 0.15) is 6.04 Å². The molecular weight excluding hydrogens is 616 g/mol. The Labute approximate surface area is 291 Å². The van der Waals surface area contributed by atoms with Crippen molar-refractivity contribution in [2.24, 2.45) is 5.92 Å². The number of amides is 4. The maximum Gasteiger partial charge on any atom is 0.251 e. The largest absolute Gasteiger partial charge is 0.372 e. The van der Waals surface area contributed by atoms with Gasteiger partial charge in [0, 0.05) is 55.6 Å². The molecule has 0 radical (unpaired) electrons. The van der Waals surface area contributed by atoms with Gasteiger partial charge in [-0.3, -0.25) is 19.2 Å². The molecule has 0 aliphatic carbocycles. The number of benzene rings is 3. The Hall–Kier alpha value is -4.70. The summed E-state index contributed by atoms with van der Waals surface area (Å²) >= 11 is 0. The maximum absolute atomic E-state index is 13.5. The highest BCUT2D eigenvalue weighted by Gasteiger charge is 2.26. The first-order valence-electron chi connectivity index (χ1n) is 17.4. The van der Waals surface area contributed by atoms with Crippen molar-refractivity contribution in [3.8, 4) is 0 Å². The zero-order chi connectivity index (χ0) is 35.8. The van der Waals surface area contributed by atoms with Gasteiger partial charge in [-0.15, -0.1) is 0 Å². The summed E-state index contributed by atoms with van der Waals surface area (Å²) in [4.78, 5) is 54.3. The SMILES string of the molecule is CCNC(=O)[C@@H](NC(=O)[C@H](C)NC[C@H](Cc1ccccc1)NC(=O)c1cccc(C(=O)NCCc2ccc(N(CC)CC)cc2)c1)C(C)C. The number of rotatable bonds is 19. The van der Waals surface area contributed by atoms with Crippen LogP contribution >= 0.6 is 0 Å². The second-order valence-corrected chi connectivity index (χ2v) is 12.5. The second kappa shape index (κ2) is 20.0. The van der Waals surface area contributed by atoms with Gasteiger partial charge in [0.25, 0.3) is 11.8 Å². The van der Waals surface area contributed by atoms with E-state index in [-0.39, 0.29) is 35.6 Å². The van der Waals surface area contributed by atoms with Crippen LogP contribution in [-0.4, -0.2) is 74.5 Å². The smallest absolute Gasteiger partial charge is 0.251 e. The molecule has 0 heterocycles. The highest BCUT2D eigenvalue weighted by atomic mass is 16.2. The Morgan fingerprint density at radius 3 is 1.96 bits per heavy atom. The molecule has 10 heteroatoms. The fraction of sp³-hybridized carbons (Fsp3) is 0.436. The van der Waals surface area contributed by atoms with Crippen molar-refractivity contribution in [2.75, 3.05) is 37.6 Å². The van der Waals surface area contributed by atoms with Gasteiger partial charge >= 0.3 is 0 Å². The van der Waals surface area contributed by atoms with E-state index in [0.29, 0.717) is 43.6 Å². The Morgan fingerprint density at radius 1 is 0.694 bits per heavy atom. The average molecular weight is 671 g/mol. The Bertz CT molecular complexity index is 1490. The van der Waals surface area contributed by atoms with E-state index in [4.69, 9.17) is 0 Å². The predicted octanol–water partition coefficient (Wildman–Crippen LogP) is 4.10. The monoisotopic (exact) mass is 670 g/mol. The molecular formula is C39H54N6O4. The summed E-state index contributed by atoms with van der Waals surface area (Å²) in [7, 11) is 0. The van der Waals surface area contributed by atoms with Gasteiger partial charge in [-0.2, -0.15) is 0 Å². The molecule has 0 saturated heterocycles. The van der Waals surface area contributed by atoms with E-state index >= 15 is 0 Å². The molecule has 264 valence electrons. The highest BCUT2D eigenvalue weighted by Crippen LogP contribution is 2.15. The Kier molecular flexibility index (Phi) is 15.8. The molecule has 0 aliphatic heterocycles. The maximum atomic E-state index is 13.5. The van der Waals surface area contributed by atoms with Crippen molar-refractivity contribution in [2.45, 2.75) is 72.5 Å². The summed E-state index contributed by atoms with van der Waals surface area (Å²) in [6.07, 6.45) is 1.22. The lowest BCUT2D eigenvalue weighted by atomic mass is 10.0. The first-order valence-corrected chi connectivity index (χ1v) is 17.4. The van der Waals surface area contributed by atoms with E-state index in [0.717, 1.165) is 24.2 Å². The van der Waals surface area contributed by atoms with Crippen LogP contribution in [-0.2, 0) is 22.4 Å². The molecule has 0 aromatic heterocycles. The number of likely N-dealkylation sites (N-methyl/N-ethyl adjacent to an activating group) is 1. The van der Waals surface area contributed by atoms with Crippen LogP contribution in [0.3, 0.4) is 0 Å². The van der Waals surface area contributed by atoms with Gasteiger partial charge in [-0.1, -0.05) is 62.4 Å². The zero-order valence-electron chi connectivity index (χ0n) is 29.8. The van der Waals surface area contributed by atoms with Crippen LogP contribution in [0.4, 0.5) is 5.69 Å². The molecule has 0 spiro atoms. The number of nitrogens with zero attached hydrogens (tertiary/aromatic N) is 1. The van der Waals surface area contributed by atoms with Gasteiger partial charge in [0.2, 0.25) is 11.8 Å². The van der Waals surface area contributed by atoms with Gasteiger partial charge in [0.15, 0.2) is 0 Å². The van der Waals surface area contributed by atoms with Gasteiger partial charge in [0.05, 0.1) is 6.04 Å². The van der Waals surface area contributed by atoms with Crippen LogP contribution in [0, 0.1) is 5.92 Å². The molecule has 49 heavy (non-hydrogen) atoms. The summed E-state index contributed by atoms with van der Waals surface area (Å²) in [5, 5.41) is 14.9. The third-order valence-electron chi connectivity index (χ3n) is 8.47. The zero-order valence-corrected chi connectivity index (χ0v) is 29.8. The third kappa shape index (κ3) is 12.4. The summed E-state index contributed by atoms with van der Waals surface area (Å²) in [5.74, 6) is -1.17. The van der Waals surface area contributed by atoms with Crippen molar-refractivity contribution in [3.63, 3.8) is 0 Å². The number of hydrogen-bond acceptors (Lipinski definition) is 6. The van der Waals surface area contributed by atoms with E-state index in [1.54, 1.807) is 31.2 Å². The van der Waals surface area contributed by atoms with Crippen molar-refractivity contribution in [1.29, 1.82) is 0 Å². The van der Waals surface area contributed by atoms with Crippen LogP contribution in [0.25, 0.3) is 0 Å². The van der Waals surface area contributed by atoms with E-state index in [9.17, 15) is 19.2 Å². The minimum atomic E-state index is -0.648. The first-order chi connectivity index (χ1) is 23.6. The second-order valence-electron chi connectivity index (χ2n) is 12.5. The van der Waals surface area contributed by atoms with E-state index < -0.39 is 12.1 Å². The molecule has 4 amide bonds. The van der Waals surface area contributed by atoms with Gasteiger partial charge in [-0.05, 0) is 87.9 Å². The summed E-state index contributed by atoms with van der Waals surface area (Å²) in [6, 6.07) is 23.2. The number of carbonyl (C=O) groups excluding carboxylic acids is 4. The molecule has 0 unspecified atom stereocenters. The molecule has 5 N–H and O–H groups in total. The minimum Gasteiger partial charge on any atom is -0.372 e. The summed E-state index contributed by atoms with van der Waals surface area (Å²) in [6.45, 7) is 14.8. The van der Waals surface area contributed by atoms with Crippen molar-refractivity contribution in [1.82, 2.24) is 26.6 Å². The van der Waals surface area contributed by atoms with Gasteiger partial charge < -0.3 is 31.5 Å². The normalized spacial score (nSPS) is 12.8. The number of nitrogens with one attached hydrogen (secondary N) is 5. The quantitative estimate of drug-likeness (QED) is 0.131. The topological polar surface area (TPSA) is 132 Å². The summed E-state index contributed by atoms with van der Waals surface area (Å²) in [5.41, 5.74) is 4.11. The van der Waals surface area contributed by atoms with Crippen molar-refractivity contribution < 1.29 is 19.2 Å². The molecule has 0 fully saturated rings. The molecule has 0 saturated carbocycles. The van der Waals surface area contributed by atoms with Crippen LogP contribution < -0.4 is 31.5 Å². The van der Waals surface area contributed by atoms with E-state index in [1.807, 2.05) is 51.1 Å². The molecule has 3 rings (SSSR count). The van der Waals surface area contributed by atoms with Crippen LogP contribution in [0.5, 0.6) is 0 Å². The van der Waals surface area contributed by atoms with E-state index in [2.05, 4.69) is 69.6 Å². The lowest BCUT2D eigenvalue weighted by Gasteiger charge is -2.25. The third-order valence-corrected chi connectivity index (χ3v) is 8.47. The van der Waals surface area contributed by atoms with Crippen LogP contribution in [0.1, 0.15) is 73.4 Å². The summed E-state index contributed by atoms with van der Waals surface area (Å²) < 4.78 is 0. The molecule has 0 bridgehead atoms. The fourth-order valence-electron chi connectivity index (χ4n) is 5.54. The lowest BCUT2D eigenvalue weighted by Crippen LogP contribution is -2.55. The number of anilines is 1. The first kappa shape index (κ1) is 38.7. The van der Waals surface area contributed by atoms with Crippen LogP contribution in [0.15, 0.2) is 78.9 Å².